The SMILES string of the molecule is CCNC(=O)[C@@H](Cc1ccccc1)N(Cc1ccc(Cl)cc1)C(=O)CN(c1cccc(Br)c1)S(=O)(=O)c1ccccc1. The highest BCUT2D eigenvalue weighted by atomic mass is 79.9. The zero-order valence-electron chi connectivity index (χ0n) is 23.0. The number of nitrogens with zero attached hydrogens (tertiary/aromatic N) is 2. The van der Waals surface area contributed by atoms with Gasteiger partial charge >= 0.3 is 0 Å². The van der Waals surface area contributed by atoms with Gasteiger partial charge in [-0.3, -0.25) is 13.9 Å². The van der Waals surface area contributed by atoms with Gasteiger partial charge in [-0.25, -0.2) is 8.42 Å². The van der Waals surface area contributed by atoms with Crippen LogP contribution in [-0.2, 0) is 32.6 Å². The van der Waals surface area contributed by atoms with Crippen LogP contribution in [0.25, 0.3) is 0 Å². The minimum atomic E-state index is -4.15. The average Bonchev–Trinajstić information content (AvgIpc) is 2.99. The Morgan fingerprint density at radius 2 is 1.50 bits per heavy atom. The topological polar surface area (TPSA) is 86.8 Å². The molecule has 0 bridgehead atoms. The maximum absolute atomic E-state index is 14.3. The second-order valence-electron chi connectivity index (χ2n) is 9.55. The van der Waals surface area contributed by atoms with Gasteiger partial charge in [0.05, 0.1) is 10.6 Å². The summed E-state index contributed by atoms with van der Waals surface area (Å²) in [6, 6.07) is 30.2. The molecule has 2 amide bonds. The summed E-state index contributed by atoms with van der Waals surface area (Å²) >= 11 is 9.52. The lowest BCUT2D eigenvalue weighted by atomic mass is 10.0. The molecule has 0 saturated carbocycles. The fourth-order valence-electron chi connectivity index (χ4n) is 4.51. The van der Waals surface area contributed by atoms with Crippen LogP contribution in [0.1, 0.15) is 18.1 Å². The fraction of sp³-hybridized carbons (Fsp3) is 0.188. The number of hydrogen-bond acceptors (Lipinski definition) is 4. The summed E-state index contributed by atoms with van der Waals surface area (Å²) in [5.41, 5.74) is 1.92. The minimum Gasteiger partial charge on any atom is -0.355 e. The predicted octanol–water partition coefficient (Wildman–Crippen LogP) is 6.07. The first-order valence-corrected chi connectivity index (χ1v) is 16.0. The zero-order valence-corrected chi connectivity index (χ0v) is 26.1. The van der Waals surface area contributed by atoms with Gasteiger partial charge in [0.15, 0.2) is 0 Å². The highest BCUT2D eigenvalue weighted by Gasteiger charge is 2.34. The maximum atomic E-state index is 14.3. The summed E-state index contributed by atoms with van der Waals surface area (Å²) in [5.74, 6) is -0.861. The molecule has 1 atom stereocenters. The number of benzene rings is 4. The second kappa shape index (κ2) is 14.5. The molecule has 0 aromatic heterocycles. The van der Waals surface area contributed by atoms with Crippen molar-refractivity contribution < 1.29 is 18.0 Å². The molecule has 0 fully saturated rings. The fourth-order valence-corrected chi connectivity index (χ4v) is 6.45. The lowest BCUT2D eigenvalue weighted by Gasteiger charge is -2.34. The van der Waals surface area contributed by atoms with Gasteiger partial charge < -0.3 is 10.2 Å². The number of hydrogen-bond donors (Lipinski definition) is 1. The Bertz CT molecular complexity index is 1600. The van der Waals surface area contributed by atoms with Gasteiger partial charge in [-0.15, -0.1) is 0 Å². The summed E-state index contributed by atoms with van der Waals surface area (Å²) in [5, 5.41) is 3.39. The van der Waals surface area contributed by atoms with Gasteiger partial charge in [-0.1, -0.05) is 94.3 Å². The molecule has 0 aliphatic heterocycles. The van der Waals surface area contributed by atoms with E-state index in [9.17, 15) is 18.0 Å². The highest BCUT2D eigenvalue weighted by molar-refractivity contribution is 9.10. The summed E-state index contributed by atoms with van der Waals surface area (Å²) in [7, 11) is -4.15. The Balaban J connectivity index is 1.78. The first kappa shape index (κ1) is 31.3. The van der Waals surface area contributed by atoms with E-state index in [1.165, 1.54) is 17.0 Å². The number of carbonyl (C=O) groups is 2. The quantitative estimate of drug-likeness (QED) is 0.199. The molecule has 0 saturated heterocycles. The van der Waals surface area contributed by atoms with Crippen LogP contribution in [-0.4, -0.2) is 44.3 Å². The number of anilines is 1. The monoisotopic (exact) mass is 667 g/mol. The summed E-state index contributed by atoms with van der Waals surface area (Å²) in [6.07, 6.45) is 0.244. The normalized spacial score (nSPS) is 11.9. The van der Waals surface area contributed by atoms with Crippen LogP contribution >= 0.6 is 27.5 Å². The van der Waals surface area contributed by atoms with Crippen LogP contribution in [0.15, 0.2) is 119 Å². The van der Waals surface area contributed by atoms with E-state index in [1.807, 2.05) is 37.3 Å². The number of rotatable bonds is 12. The molecule has 4 aromatic rings. The number of likely N-dealkylation sites (N-methyl/N-ethyl adjacent to an activating group) is 1. The molecule has 218 valence electrons. The number of halogens is 2. The van der Waals surface area contributed by atoms with Crippen LogP contribution in [0.4, 0.5) is 5.69 Å². The molecule has 0 aliphatic carbocycles. The molecule has 0 spiro atoms. The van der Waals surface area contributed by atoms with E-state index in [1.54, 1.807) is 66.7 Å². The first-order chi connectivity index (χ1) is 20.2. The van der Waals surface area contributed by atoms with Crippen molar-refractivity contribution >= 4 is 55.1 Å². The maximum Gasteiger partial charge on any atom is 0.264 e. The second-order valence-corrected chi connectivity index (χ2v) is 12.8. The van der Waals surface area contributed by atoms with Gasteiger partial charge in [0.25, 0.3) is 10.0 Å². The molecule has 0 heterocycles. The van der Waals surface area contributed by atoms with Gasteiger partial charge in [-0.2, -0.15) is 0 Å². The lowest BCUT2D eigenvalue weighted by Crippen LogP contribution is -2.53. The zero-order chi connectivity index (χ0) is 30.1. The largest absolute Gasteiger partial charge is 0.355 e. The predicted molar refractivity (Wildman–Crippen MR) is 170 cm³/mol. The van der Waals surface area contributed by atoms with Crippen molar-refractivity contribution in [3.05, 3.63) is 130 Å². The molecule has 4 aromatic carbocycles. The van der Waals surface area contributed by atoms with Gasteiger partial charge in [0.1, 0.15) is 12.6 Å². The van der Waals surface area contributed by atoms with Crippen LogP contribution in [0.5, 0.6) is 0 Å². The third-order valence-electron chi connectivity index (χ3n) is 6.59. The van der Waals surface area contributed by atoms with Crippen molar-refractivity contribution in [2.75, 3.05) is 17.4 Å². The number of sulfonamides is 1. The van der Waals surface area contributed by atoms with E-state index in [0.29, 0.717) is 21.7 Å². The Hall–Kier alpha value is -3.66. The van der Waals surface area contributed by atoms with Crippen molar-refractivity contribution in [1.82, 2.24) is 10.2 Å². The number of nitrogens with one attached hydrogen (secondary N) is 1. The van der Waals surface area contributed by atoms with Crippen molar-refractivity contribution in [2.24, 2.45) is 0 Å². The standard InChI is InChI=1S/C32H31BrClN3O4S/c1-2-35-32(39)30(20-24-10-5-3-6-11-24)36(22-25-16-18-27(34)19-17-25)31(38)23-37(28-13-9-12-26(33)21-28)42(40,41)29-14-7-4-8-15-29/h3-19,21,30H,2,20,22-23H2,1H3,(H,35,39)/t30-/m1/s1. The van der Waals surface area contributed by atoms with E-state index in [4.69, 9.17) is 11.6 Å². The molecule has 7 nitrogen and oxygen atoms in total. The summed E-state index contributed by atoms with van der Waals surface area (Å²) < 4.78 is 29.6. The van der Waals surface area contributed by atoms with Crippen LogP contribution in [0.2, 0.25) is 5.02 Å². The third-order valence-corrected chi connectivity index (χ3v) is 9.13. The molecule has 42 heavy (non-hydrogen) atoms. The highest BCUT2D eigenvalue weighted by Crippen LogP contribution is 2.27. The van der Waals surface area contributed by atoms with E-state index < -0.39 is 28.5 Å². The van der Waals surface area contributed by atoms with Crippen molar-refractivity contribution in [2.45, 2.75) is 30.8 Å². The van der Waals surface area contributed by atoms with Crippen molar-refractivity contribution in [1.29, 1.82) is 0 Å². The Morgan fingerprint density at radius 1 is 0.857 bits per heavy atom. The molecular weight excluding hydrogens is 638 g/mol. The molecule has 0 unspecified atom stereocenters. The van der Waals surface area contributed by atoms with Crippen LogP contribution in [0, 0.1) is 0 Å². The first-order valence-electron chi connectivity index (χ1n) is 13.4. The third kappa shape index (κ3) is 8.00. The lowest BCUT2D eigenvalue weighted by molar-refractivity contribution is -0.140. The average molecular weight is 669 g/mol. The number of amides is 2. The minimum absolute atomic E-state index is 0.0478. The molecule has 1 N–H and O–H groups in total. The Kier molecular flexibility index (Phi) is 10.8. The van der Waals surface area contributed by atoms with Gasteiger partial charge in [0, 0.05) is 29.0 Å². The Morgan fingerprint density at radius 3 is 2.12 bits per heavy atom. The summed E-state index contributed by atoms with van der Waals surface area (Å²) in [6.45, 7) is 1.73. The van der Waals surface area contributed by atoms with E-state index in [-0.39, 0.29) is 23.8 Å². The molecular formula is C32H31BrClN3O4S. The van der Waals surface area contributed by atoms with Crippen LogP contribution in [0.3, 0.4) is 0 Å². The molecule has 0 radical (unpaired) electrons. The van der Waals surface area contributed by atoms with E-state index in [2.05, 4.69) is 21.2 Å². The molecule has 0 aliphatic rings. The summed E-state index contributed by atoms with van der Waals surface area (Å²) in [4.78, 5) is 29.3. The van der Waals surface area contributed by atoms with Crippen LogP contribution < -0.4 is 9.62 Å². The van der Waals surface area contributed by atoms with Gasteiger partial charge in [0.2, 0.25) is 11.8 Å². The van der Waals surface area contributed by atoms with Crippen molar-refractivity contribution in [3.8, 4) is 0 Å². The van der Waals surface area contributed by atoms with Crippen molar-refractivity contribution in [3.63, 3.8) is 0 Å². The van der Waals surface area contributed by atoms with Gasteiger partial charge in [-0.05, 0) is 60.5 Å². The Labute approximate surface area is 260 Å². The number of carbonyl (C=O) groups excluding carboxylic acids is 2. The smallest absolute Gasteiger partial charge is 0.264 e. The van der Waals surface area contributed by atoms with E-state index in [0.717, 1.165) is 15.4 Å². The molecule has 10 heteroatoms. The molecule has 4 rings (SSSR count). The van der Waals surface area contributed by atoms with E-state index >= 15 is 0 Å².